The summed E-state index contributed by atoms with van der Waals surface area (Å²) < 4.78 is 9.92. The zero-order chi connectivity index (χ0) is 19.6. The fourth-order valence-corrected chi connectivity index (χ4v) is 2.35. The number of amides is 2. The Bertz CT molecular complexity index is 476. The number of thioether (sulfide) groups is 1. The molecule has 0 rings (SSSR count). The predicted octanol–water partition coefficient (Wildman–Crippen LogP) is 2.11. The van der Waals surface area contributed by atoms with Gasteiger partial charge in [-0.25, -0.2) is 9.59 Å². The zero-order valence-electron chi connectivity index (χ0n) is 15.9. The Labute approximate surface area is 154 Å². The fraction of sp³-hybridized carbons (Fsp3) is 0.706. The zero-order valence-corrected chi connectivity index (χ0v) is 16.7. The van der Waals surface area contributed by atoms with Gasteiger partial charge in [0.05, 0.1) is 7.11 Å². The van der Waals surface area contributed by atoms with Gasteiger partial charge < -0.3 is 20.1 Å². The molecule has 0 aliphatic rings. The highest BCUT2D eigenvalue weighted by Gasteiger charge is 2.30. The second-order valence-electron chi connectivity index (χ2n) is 6.58. The Kier molecular flexibility index (Phi) is 10.3. The van der Waals surface area contributed by atoms with Crippen molar-refractivity contribution < 1.29 is 23.9 Å². The van der Waals surface area contributed by atoms with Crippen molar-refractivity contribution in [3.63, 3.8) is 0 Å². The summed E-state index contributed by atoms with van der Waals surface area (Å²) in [6, 6.07) is -1.68. The van der Waals surface area contributed by atoms with Crippen molar-refractivity contribution in [3.05, 3.63) is 12.7 Å². The van der Waals surface area contributed by atoms with Crippen LogP contribution < -0.4 is 10.6 Å². The third-order valence-corrected chi connectivity index (χ3v) is 3.91. The number of rotatable bonds is 9. The number of alkyl carbamates (subject to hydrolysis) is 1. The number of carbonyl (C=O) groups excluding carboxylic acids is 3. The minimum Gasteiger partial charge on any atom is -0.467 e. The van der Waals surface area contributed by atoms with Crippen molar-refractivity contribution in [2.45, 2.75) is 51.8 Å². The molecule has 0 bridgehead atoms. The first-order chi connectivity index (χ1) is 11.6. The van der Waals surface area contributed by atoms with Crippen LogP contribution in [0.3, 0.4) is 0 Å². The van der Waals surface area contributed by atoms with Crippen LogP contribution in [0.2, 0.25) is 0 Å². The van der Waals surface area contributed by atoms with E-state index in [0.29, 0.717) is 12.2 Å². The lowest BCUT2D eigenvalue weighted by Gasteiger charge is -2.26. The van der Waals surface area contributed by atoms with E-state index in [9.17, 15) is 14.4 Å². The Morgan fingerprint density at radius 1 is 1.24 bits per heavy atom. The highest BCUT2D eigenvalue weighted by atomic mass is 32.2. The van der Waals surface area contributed by atoms with E-state index >= 15 is 0 Å². The molecular formula is C17H30N2O5S. The lowest BCUT2D eigenvalue weighted by molar-refractivity contribution is -0.146. The first-order valence-electron chi connectivity index (χ1n) is 8.05. The molecular weight excluding hydrogens is 344 g/mol. The van der Waals surface area contributed by atoms with Gasteiger partial charge in [-0.2, -0.15) is 11.8 Å². The molecule has 2 N–H and O–H groups in total. The average Bonchev–Trinajstić information content (AvgIpc) is 2.52. The summed E-state index contributed by atoms with van der Waals surface area (Å²) in [4.78, 5) is 36.4. The van der Waals surface area contributed by atoms with Crippen LogP contribution in [-0.4, -0.2) is 54.8 Å². The molecule has 2 amide bonds. The summed E-state index contributed by atoms with van der Waals surface area (Å²) in [7, 11) is 1.25. The Balaban J connectivity index is 5.10. The molecule has 0 unspecified atom stereocenters. The van der Waals surface area contributed by atoms with Gasteiger partial charge in [0, 0.05) is 5.92 Å². The van der Waals surface area contributed by atoms with Crippen molar-refractivity contribution in [1.29, 1.82) is 0 Å². The molecule has 0 spiro atoms. The molecule has 0 aliphatic carbocycles. The largest absolute Gasteiger partial charge is 0.467 e. The minimum atomic E-state index is -0.868. The van der Waals surface area contributed by atoms with Gasteiger partial charge in [-0.15, -0.1) is 6.58 Å². The van der Waals surface area contributed by atoms with Gasteiger partial charge in [-0.3, -0.25) is 4.79 Å². The van der Waals surface area contributed by atoms with Crippen molar-refractivity contribution in [3.8, 4) is 0 Å². The molecule has 0 aromatic carbocycles. The van der Waals surface area contributed by atoms with Crippen LogP contribution in [0, 0.1) is 5.92 Å². The number of nitrogens with one attached hydrogen (secondary N) is 2. The third kappa shape index (κ3) is 9.38. The Hall–Kier alpha value is -1.70. The van der Waals surface area contributed by atoms with Crippen molar-refractivity contribution in [2.24, 2.45) is 5.92 Å². The smallest absolute Gasteiger partial charge is 0.408 e. The second kappa shape index (κ2) is 11.0. The van der Waals surface area contributed by atoms with Gasteiger partial charge in [0.1, 0.15) is 17.7 Å². The number of methoxy groups -OCH3 is 1. The molecule has 0 aromatic heterocycles. The quantitative estimate of drug-likeness (QED) is 0.474. The predicted molar refractivity (Wildman–Crippen MR) is 99.5 cm³/mol. The van der Waals surface area contributed by atoms with Crippen LogP contribution in [0.1, 0.15) is 34.1 Å². The van der Waals surface area contributed by atoms with Gasteiger partial charge in [0.2, 0.25) is 5.91 Å². The van der Waals surface area contributed by atoms with E-state index in [1.54, 1.807) is 45.5 Å². The van der Waals surface area contributed by atoms with Crippen LogP contribution in [-0.2, 0) is 19.1 Å². The molecule has 8 heteroatoms. The van der Waals surface area contributed by atoms with E-state index in [-0.39, 0.29) is 5.92 Å². The molecule has 3 atom stereocenters. The van der Waals surface area contributed by atoms with Crippen LogP contribution in [0.5, 0.6) is 0 Å². The van der Waals surface area contributed by atoms with E-state index in [4.69, 9.17) is 9.47 Å². The Morgan fingerprint density at radius 2 is 1.84 bits per heavy atom. The number of esters is 1. The van der Waals surface area contributed by atoms with Gasteiger partial charge in [0.15, 0.2) is 0 Å². The fourth-order valence-electron chi connectivity index (χ4n) is 1.88. The summed E-state index contributed by atoms with van der Waals surface area (Å²) in [6.45, 7) is 10.6. The maximum Gasteiger partial charge on any atom is 0.408 e. The molecule has 0 aliphatic heterocycles. The minimum absolute atomic E-state index is 0.320. The summed E-state index contributed by atoms with van der Waals surface area (Å²) in [5.74, 6) is -0.696. The molecule has 7 nitrogen and oxygen atoms in total. The summed E-state index contributed by atoms with van der Waals surface area (Å²) >= 11 is 1.55. The standard InChI is InChI=1S/C17H30N2O5S/c1-8-11(2)13(15(21)23-6)19-14(20)12(9-10-25-7)18-16(22)24-17(3,4)5/h8,11-13H,1,9-10H2,2-7H3,(H,18,22)(H,19,20)/t11-,12-,13+/m0/s1. The van der Waals surface area contributed by atoms with Gasteiger partial charge >= 0.3 is 12.1 Å². The first-order valence-corrected chi connectivity index (χ1v) is 9.44. The summed E-state index contributed by atoms with van der Waals surface area (Å²) in [6.07, 6.45) is 3.18. The number of hydrogen-bond acceptors (Lipinski definition) is 6. The number of carbonyl (C=O) groups is 3. The molecule has 0 heterocycles. The van der Waals surface area contributed by atoms with Crippen LogP contribution >= 0.6 is 11.8 Å². The number of ether oxygens (including phenoxy) is 2. The molecule has 0 saturated carbocycles. The molecule has 0 aromatic rings. The van der Waals surface area contributed by atoms with Crippen molar-refractivity contribution in [1.82, 2.24) is 10.6 Å². The monoisotopic (exact) mass is 374 g/mol. The maximum atomic E-state index is 12.6. The van der Waals surface area contributed by atoms with E-state index in [2.05, 4.69) is 17.2 Å². The van der Waals surface area contributed by atoms with Crippen LogP contribution in [0.4, 0.5) is 4.79 Å². The third-order valence-electron chi connectivity index (χ3n) is 3.27. The van der Waals surface area contributed by atoms with Crippen molar-refractivity contribution in [2.75, 3.05) is 19.1 Å². The summed E-state index contributed by atoms with van der Waals surface area (Å²) in [5, 5.41) is 5.19. The van der Waals surface area contributed by atoms with Gasteiger partial charge in [0.25, 0.3) is 0 Å². The lowest BCUT2D eigenvalue weighted by atomic mass is 10.0. The molecule has 0 saturated heterocycles. The van der Waals surface area contributed by atoms with E-state index in [0.717, 1.165) is 0 Å². The van der Waals surface area contributed by atoms with E-state index in [1.165, 1.54) is 7.11 Å². The van der Waals surface area contributed by atoms with E-state index in [1.807, 2.05) is 6.26 Å². The SMILES string of the molecule is C=C[C@H](C)[C@@H](NC(=O)[C@H](CCSC)NC(=O)OC(C)(C)C)C(=O)OC. The van der Waals surface area contributed by atoms with E-state index < -0.39 is 35.7 Å². The highest BCUT2D eigenvalue weighted by Crippen LogP contribution is 2.10. The molecule has 0 fully saturated rings. The average molecular weight is 375 g/mol. The van der Waals surface area contributed by atoms with Gasteiger partial charge in [-0.05, 0) is 39.2 Å². The molecule has 144 valence electrons. The molecule has 25 heavy (non-hydrogen) atoms. The summed E-state index contributed by atoms with van der Waals surface area (Å²) in [5.41, 5.74) is -0.670. The lowest BCUT2D eigenvalue weighted by Crippen LogP contribution is -2.54. The first kappa shape index (κ1) is 23.3. The van der Waals surface area contributed by atoms with Crippen molar-refractivity contribution >= 4 is 29.7 Å². The second-order valence-corrected chi connectivity index (χ2v) is 7.57. The topological polar surface area (TPSA) is 93.7 Å². The Morgan fingerprint density at radius 3 is 2.28 bits per heavy atom. The maximum absolute atomic E-state index is 12.6. The van der Waals surface area contributed by atoms with Crippen LogP contribution in [0.25, 0.3) is 0 Å². The van der Waals surface area contributed by atoms with Crippen LogP contribution in [0.15, 0.2) is 12.7 Å². The van der Waals surface area contributed by atoms with Gasteiger partial charge in [-0.1, -0.05) is 13.0 Å². The highest BCUT2D eigenvalue weighted by molar-refractivity contribution is 7.98. The number of hydrogen-bond donors (Lipinski definition) is 2. The normalized spacial score (nSPS) is 14.6. The molecule has 0 radical (unpaired) electrons.